The van der Waals surface area contributed by atoms with E-state index in [0.29, 0.717) is 19.4 Å². The lowest BCUT2D eigenvalue weighted by molar-refractivity contribution is -0.0417. The van der Waals surface area contributed by atoms with Crippen LogP contribution in [0.15, 0.2) is 5.16 Å². The normalized spacial score (nSPS) is 17.0. The summed E-state index contributed by atoms with van der Waals surface area (Å²) < 4.78 is 11.9. The molecule has 0 spiro atoms. The van der Waals surface area contributed by atoms with Gasteiger partial charge in [-0.25, -0.2) is 4.79 Å². The van der Waals surface area contributed by atoms with E-state index in [1.807, 2.05) is 6.92 Å². The summed E-state index contributed by atoms with van der Waals surface area (Å²) in [6.07, 6.45) is -0.0618. The smallest absolute Gasteiger partial charge is 0.404 e. The molecule has 0 aromatic heterocycles. The number of amides is 1. The summed E-state index contributed by atoms with van der Waals surface area (Å²) in [5.41, 5.74) is 5.14. The lowest BCUT2D eigenvalue weighted by Gasteiger charge is -2.39. The summed E-state index contributed by atoms with van der Waals surface area (Å²) in [4.78, 5) is 10.7. The number of amidine groups is 1. The minimum Gasteiger partial charge on any atom is -0.465 e. The second-order valence-corrected chi connectivity index (χ2v) is 13.0. The van der Waals surface area contributed by atoms with E-state index in [1.54, 1.807) is 7.11 Å². The Bertz CT molecular complexity index is 465. The number of hydrogen-bond donors (Lipinski definition) is 4. The quantitative estimate of drug-likeness (QED) is 0.152. The van der Waals surface area contributed by atoms with Crippen molar-refractivity contribution in [2.75, 3.05) is 20.3 Å². The Kier molecular flexibility index (Phi) is 8.90. The van der Waals surface area contributed by atoms with Crippen LogP contribution in [-0.2, 0) is 9.16 Å². The van der Waals surface area contributed by atoms with Crippen molar-refractivity contribution in [3.05, 3.63) is 0 Å². The number of ether oxygens (including phenoxy) is 1. The van der Waals surface area contributed by atoms with Crippen molar-refractivity contribution in [2.24, 2.45) is 16.8 Å². The van der Waals surface area contributed by atoms with Crippen molar-refractivity contribution in [3.63, 3.8) is 0 Å². The van der Waals surface area contributed by atoms with Gasteiger partial charge in [-0.1, -0.05) is 25.9 Å². The van der Waals surface area contributed by atoms with Gasteiger partial charge in [0.1, 0.15) is 5.84 Å². The fraction of sp³-hybridized carbons (Fsp3) is 0.875. The Labute approximate surface area is 151 Å². The number of carboxylic acid groups (broad SMARTS) is 1. The Hall–Kier alpha value is -1.32. The van der Waals surface area contributed by atoms with Gasteiger partial charge in [0.2, 0.25) is 0 Å². The van der Waals surface area contributed by atoms with Crippen molar-refractivity contribution < 1.29 is 24.3 Å². The molecule has 0 saturated carbocycles. The van der Waals surface area contributed by atoms with Crippen molar-refractivity contribution >= 4 is 20.2 Å². The van der Waals surface area contributed by atoms with E-state index in [4.69, 9.17) is 25.2 Å². The Morgan fingerprint density at radius 2 is 1.88 bits per heavy atom. The predicted octanol–water partition coefficient (Wildman–Crippen LogP) is 2.82. The standard InChI is InChI=1S/C16H35N3O5Si/c1-15(2,3)25(6,7)24-11-16(4,23-5)9-8-12(13(17)19-22)10-18-14(20)21/h12,18,22H,8-11H2,1-7H3,(H2,17,19)(H,20,21). The van der Waals surface area contributed by atoms with Gasteiger partial charge >= 0.3 is 6.09 Å². The van der Waals surface area contributed by atoms with Crippen LogP contribution in [0.4, 0.5) is 4.79 Å². The van der Waals surface area contributed by atoms with Crippen LogP contribution in [-0.4, -0.2) is 56.4 Å². The van der Waals surface area contributed by atoms with Crippen molar-refractivity contribution in [1.82, 2.24) is 5.32 Å². The highest BCUT2D eigenvalue weighted by Crippen LogP contribution is 2.37. The minimum absolute atomic E-state index is 0.00230. The van der Waals surface area contributed by atoms with Crippen LogP contribution in [0, 0.1) is 5.92 Å². The number of carbonyl (C=O) groups is 1. The van der Waals surface area contributed by atoms with E-state index in [0.717, 1.165) is 0 Å². The second kappa shape index (κ2) is 9.40. The molecule has 148 valence electrons. The molecule has 25 heavy (non-hydrogen) atoms. The minimum atomic E-state index is -1.90. The summed E-state index contributed by atoms with van der Waals surface area (Å²) in [5.74, 6) is -0.416. The highest BCUT2D eigenvalue weighted by molar-refractivity contribution is 6.74. The van der Waals surface area contributed by atoms with Gasteiger partial charge in [0.15, 0.2) is 8.32 Å². The van der Waals surface area contributed by atoms with E-state index < -0.39 is 25.9 Å². The maximum Gasteiger partial charge on any atom is 0.404 e. The van der Waals surface area contributed by atoms with Crippen LogP contribution in [0.3, 0.4) is 0 Å². The van der Waals surface area contributed by atoms with Crippen molar-refractivity contribution in [2.45, 2.75) is 64.3 Å². The SMILES string of the molecule is COC(C)(CCC(CNC(=O)O)C(N)=NO)CO[Si](C)(C)C(C)(C)C. The first-order valence-corrected chi connectivity index (χ1v) is 11.3. The van der Waals surface area contributed by atoms with Crippen molar-refractivity contribution in [3.8, 4) is 0 Å². The van der Waals surface area contributed by atoms with Crippen LogP contribution in [0.25, 0.3) is 0 Å². The molecule has 2 atom stereocenters. The molecule has 0 saturated heterocycles. The summed E-state index contributed by atoms with van der Waals surface area (Å²) in [5, 5.41) is 23.0. The maximum absolute atomic E-state index is 10.7. The van der Waals surface area contributed by atoms with E-state index in [-0.39, 0.29) is 17.4 Å². The largest absolute Gasteiger partial charge is 0.465 e. The molecule has 0 aromatic rings. The summed E-state index contributed by atoms with van der Waals surface area (Å²) in [6, 6.07) is 0. The van der Waals surface area contributed by atoms with Gasteiger partial charge in [-0.3, -0.25) is 0 Å². The van der Waals surface area contributed by atoms with Crippen LogP contribution in [0.5, 0.6) is 0 Å². The van der Waals surface area contributed by atoms with E-state index >= 15 is 0 Å². The molecule has 0 heterocycles. The number of methoxy groups -OCH3 is 1. The molecule has 1 amide bonds. The summed E-state index contributed by atoms with van der Waals surface area (Å²) in [7, 11) is -0.276. The zero-order valence-corrected chi connectivity index (χ0v) is 17.5. The number of nitrogens with zero attached hydrogens (tertiary/aromatic N) is 1. The molecule has 0 bridgehead atoms. The second-order valence-electron chi connectivity index (χ2n) is 8.15. The van der Waals surface area contributed by atoms with Crippen LogP contribution >= 0.6 is 0 Å². The lowest BCUT2D eigenvalue weighted by atomic mass is 9.93. The van der Waals surface area contributed by atoms with Gasteiger partial charge in [0.05, 0.1) is 12.2 Å². The molecule has 8 nitrogen and oxygen atoms in total. The maximum atomic E-state index is 10.7. The summed E-state index contributed by atoms with van der Waals surface area (Å²) >= 11 is 0. The molecular weight excluding hydrogens is 342 g/mol. The molecule has 2 unspecified atom stereocenters. The van der Waals surface area contributed by atoms with Gasteiger partial charge in [-0.2, -0.15) is 0 Å². The topological polar surface area (TPSA) is 126 Å². The average Bonchev–Trinajstić information content (AvgIpc) is 2.51. The number of hydrogen-bond acceptors (Lipinski definition) is 5. The number of nitrogens with one attached hydrogen (secondary N) is 1. The van der Waals surface area contributed by atoms with Gasteiger partial charge in [0, 0.05) is 19.6 Å². The highest BCUT2D eigenvalue weighted by atomic mass is 28.4. The van der Waals surface area contributed by atoms with Gasteiger partial charge in [-0.05, 0) is 37.9 Å². The van der Waals surface area contributed by atoms with Gasteiger partial charge in [-0.15, -0.1) is 0 Å². The molecule has 0 aliphatic carbocycles. The van der Waals surface area contributed by atoms with Crippen LogP contribution < -0.4 is 11.1 Å². The number of nitrogens with two attached hydrogens (primary N) is 1. The molecule has 0 fully saturated rings. The first-order valence-electron chi connectivity index (χ1n) is 8.41. The molecule has 9 heteroatoms. The van der Waals surface area contributed by atoms with E-state index in [9.17, 15) is 4.79 Å². The number of oxime groups is 1. The summed E-state index contributed by atoms with van der Waals surface area (Å²) in [6.45, 7) is 13.4. The third-order valence-corrected chi connectivity index (χ3v) is 9.57. The monoisotopic (exact) mass is 377 g/mol. The molecule has 5 N–H and O–H groups in total. The van der Waals surface area contributed by atoms with E-state index in [2.05, 4.69) is 44.3 Å². The third-order valence-electron chi connectivity index (χ3n) is 5.09. The Morgan fingerprint density at radius 1 is 1.32 bits per heavy atom. The number of rotatable bonds is 10. The van der Waals surface area contributed by atoms with Crippen molar-refractivity contribution in [1.29, 1.82) is 0 Å². The lowest BCUT2D eigenvalue weighted by Crippen LogP contribution is -2.46. The van der Waals surface area contributed by atoms with E-state index in [1.165, 1.54) is 0 Å². The van der Waals surface area contributed by atoms with Gasteiger partial charge in [0.25, 0.3) is 0 Å². The predicted molar refractivity (Wildman–Crippen MR) is 101 cm³/mol. The average molecular weight is 378 g/mol. The van der Waals surface area contributed by atoms with Gasteiger partial charge < -0.3 is 30.5 Å². The molecular formula is C16H35N3O5Si. The first-order chi connectivity index (χ1) is 11.3. The van der Waals surface area contributed by atoms with Crippen LogP contribution in [0.2, 0.25) is 18.1 Å². The fourth-order valence-corrected chi connectivity index (χ4v) is 3.01. The Balaban J connectivity index is 4.88. The molecule has 0 aliphatic rings. The third kappa shape index (κ3) is 8.06. The highest BCUT2D eigenvalue weighted by Gasteiger charge is 2.39. The zero-order valence-electron chi connectivity index (χ0n) is 16.5. The first kappa shape index (κ1) is 23.7. The fourth-order valence-electron chi connectivity index (χ4n) is 1.91. The van der Waals surface area contributed by atoms with Crippen LogP contribution in [0.1, 0.15) is 40.5 Å². The molecule has 0 aromatic carbocycles. The molecule has 0 radical (unpaired) electrons. The zero-order chi connectivity index (χ0) is 19.9. The molecule has 0 rings (SSSR count). The molecule has 0 aliphatic heterocycles. The Morgan fingerprint density at radius 3 is 2.28 bits per heavy atom.